The maximum absolute atomic E-state index is 9.19. The van der Waals surface area contributed by atoms with Gasteiger partial charge in [0.25, 0.3) is 0 Å². The fourth-order valence-corrected chi connectivity index (χ4v) is 2.91. The maximum Gasteiger partial charge on any atom is 0.229 e. The molecule has 1 aromatic rings. The SMILES string of the molecule is CC(O)Cc1nc(C2CCCCS2)no1. The topological polar surface area (TPSA) is 59.2 Å². The Morgan fingerprint density at radius 3 is 3.13 bits per heavy atom. The first-order valence-corrected chi connectivity index (χ1v) is 6.42. The molecule has 0 radical (unpaired) electrons. The lowest BCUT2D eigenvalue weighted by Gasteiger charge is -2.17. The number of aromatic nitrogens is 2. The highest BCUT2D eigenvalue weighted by Gasteiger charge is 2.21. The Morgan fingerprint density at radius 1 is 1.60 bits per heavy atom. The van der Waals surface area contributed by atoms with Gasteiger partial charge in [-0.3, -0.25) is 0 Å². The van der Waals surface area contributed by atoms with E-state index in [9.17, 15) is 5.11 Å². The second kappa shape index (κ2) is 4.99. The third kappa shape index (κ3) is 2.95. The first-order chi connectivity index (χ1) is 7.25. The van der Waals surface area contributed by atoms with Crippen LogP contribution in [0.25, 0.3) is 0 Å². The highest BCUT2D eigenvalue weighted by Crippen LogP contribution is 2.36. The molecule has 0 aromatic carbocycles. The summed E-state index contributed by atoms with van der Waals surface area (Å²) < 4.78 is 5.09. The van der Waals surface area contributed by atoms with Crippen LogP contribution in [0.5, 0.6) is 0 Å². The van der Waals surface area contributed by atoms with Gasteiger partial charge in [0.05, 0.1) is 17.8 Å². The predicted octanol–water partition coefficient (Wildman–Crippen LogP) is 1.95. The number of thioether (sulfide) groups is 1. The lowest BCUT2D eigenvalue weighted by Crippen LogP contribution is -2.06. The lowest BCUT2D eigenvalue weighted by atomic mass is 10.2. The molecule has 1 aliphatic heterocycles. The summed E-state index contributed by atoms with van der Waals surface area (Å²) in [6.07, 6.45) is 3.71. The van der Waals surface area contributed by atoms with Gasteiger partial charge in [-0.2, -0.15) is 16.7 Å². The van der Waals surface area contributed by atoms with E-state index in [-0.39, 0.29) is 0 Å². The molecule has 15 heavy (non-hydrogen) atoms. The largest absolute Gasteiger partial charge is 0.393 e. The van der Waals surface area contributed by atoms with Gasteiger partial charge in [0, 0.05) is 0 Å². The van der Waals surface area contributed by atoms with E-state index in [1.54, 1.807) is 6.92 Å². The van der Waals surface area contributed by atoms with Crippen molar-refractivity contribution in [2.75, 3.05) is 5.75 Å². The molecule has 0 aliphatic carbocycles. The average molecular weight is 228 g/mol. The standard InChI is InChI=1S/C10H16N2O2S/c1-7(13)6-9-11-10(12-14-9)8-4-2-3-5-15-8/h7-8,13H,2-6H2,1H3. The van der Waals surface area contributed by atoms with Crippen molar-refractivity contribution in [3.05, 3.63) is 11.7 Å². The Balaban J connectivity index is 1.99. The van der Waals surface area contributed by atoms with Gasteiger partial charge in [-0.25, -0.2) is 0 Å². The summed E-state index contributed by atoms with van der Waals surface area (Å²) in [7, 11) is 0. The summed E-state index contributed by atoms with van der Waals surface area (Å²) in [5.74, 6) is 2.53. The molecule has 1 saturated heterocycles. The van der Waals surface area contributed by atoms with Gasteiger partial charge in [0.15, 0.2) is 5.82 Å². The molecule has 84 valence electrons. The molecule has 1 fully saturated rings. The van der Waals surface area contributed by atoms with Crippen molar-refractivity contribution in [2.24, 2.45) is 0 Å². The van der Waals surface area contributed by atoms with E-state index < -0.39 is 6.10 Å². The number of nitrogens with zero attached hydrogens (tertiary/aromatic N) is 2. The average Bonchev–Trinajstić information content (AvgIpc) is 2.67. The van der Waals surface area contributed by atoms with Gasteiger partial charge < -0.3 is 9.63 Å². The van der Waals surface area contributed by atoms with Crippen LogP contribution < -0.4 is 0 Å². The van der Waals surface area contributed by atoms with Gasteiger partial charge in [0.1, 0.15) is 0 Å². The van der Waals surface area contributed by atoms with Gasteiger partial charge in [0.2, 0.25) is 5.89 Å². The van der Waals surface area contributed by atoms with Crippen LogP contribution >= 0.6 is 11.8 Å². The quantitative estimate of drug-likeness (QED) is 0.857. The zero-order chi connectivity index (χ0) is 10.7. The molecule has 1 aromatic heterocycles. The molecule has 4 nitrogen and oxygen atoms in total. The summed E-state index contributed by atoms with van der Waals surface area (Å²) in [4.78, 5) is 4.32. The fraction of sp³-hybridized carbons (Fsp3) is 0.800. The van der Waals surface area contributed by atoms with Crippen LogP contribution in [0.4, 0.5) is 0 Å². The van der Waals surface area contributed by atoms with E-state index in [4.69, 9.17) is 4.52 Å². The Labute approximate surface area is 93.4 Å². The van der Waals surface area contributed by atoms with Crippen LogP contribution in [0, 0.1) is 0 Å². The van der Waals surface area contributed by atoms with Gasteiger partial charge in [-0.1, -0.05) is 11.6 Å². The number of rotatable bonds is 3. The number of hydrogen-bond acceptors (Lipinski definition) is 5. The first-order valence-electron chi connectivity index (χ1n) is 5.38. The van der Waals surface area contributed by atoms with Crippen molar-refractivity contribution in [1.29, 1.82) is 0 Å². The minimum atomic E-state index is -0.419. The van der Waals surface area contributed by atoms with E-state index in [2.05, 4.69) is 10.1 Å². The maximum atomic E-state index is 9.19. The normalized spacial score (nSPS) is 24.0. The minimum absolute atomic E-state index is 0.394. The summed E-state index contributed by atoms with van der Waals surface area (Å²) >= 11 is 1.90. The van der Waals surface area contributed by atoms with E-state index in [1.165, 1.54) is 18.6 Å². The molecule has 0 spiro atoms. The lowest BCUT2D eigenvalue weighted by molar-refractivity contribution is 0.181. The van der Waals surface area contributed by atoms with Crippen molar-refractivity contribution in [2.45, 2.75) is 44.0 Å². The van der Waals surface area contributed by atoms with Crippen molar-refractivity contribution in [1.82, 2.24) is 10.1 Å². The fourth-order valence-electron chi connectivity index (χ4n) is 1.68. The Kier molecular flexibility index (Phi) is 3.64. The van der Waals surface area contributed by atoms with Crippen molar-refractivity contribution >= 4 is 11.8 Å². The van der Waals surface area contributed by atoms with Gasteiger partial charge in [-0.05, 0) is 25.5 Å². The molecular weight excluding hydrogens is 212 g/mol. The Hall–Kier alpha value is -0.550. The molecule has 1 aliphatic rings. The summed E-state index contributed by atoms with van der Waals surface area (Å²) in [6.45, 7) is 1.72. The van der Waals surface area contributed by atoms with Crippen molar-refractivity contribution in [3.8, 4) is 0 Å². The van der Waals surface area contributed by atoms with Crippen LogP contribution in [0.2, 0.25) is 0 Å². The highest BCUT2D eigenvalue weighted by molar-refractivity contribution is 7.99. The van der Waals surface area contributed by atoms with Crippen LogP contribution in [-0.2, 0) is 6.42 Å². The molecule has 0 bridgehead atoms. The molecule has 2 rings (SSSR count). The summed E-state index contributed by atoms with van der Waals surface area (Å²) in [5.41, 5.74) is 0. The van der Waals surface area contributed by atoms with Crippen LogP contribution in [0.15, 0.2) is 4.52 Å². The Morgan fingerprint density at radius 2 is 2.47 bits per heavy atom. The van der Waals surface area contributed by atoms with Crippen molar-refractivity contribution in [3.63, 3.8) is 0 Å². The van der Waals surface area contributed by atoms with Crippen LogP contribution in [0.3, 0.4) is 0 Å². The zero-order valence-corrected chi connectivity index (χ0v) is 9.66. The zero-order valence-electron chi connectivity index (χ0n) is 8.85. The number of aliphatic hydroxyl groups is 1. The number of aliphatic hydroxyl groups excluding tert-OH is 1. The van der Waals surface area contributed by atoms with E-state index in [1.807, 2.05) is 11.8 Å². The number of hydrogen-bond donors (Lipinski definition) is 1. The highest BCUT2D eigenvalue weighted by atomic mass is 32.2. The van der Waals surface area contributed by atoms with Crippen LogP contribution in [0.1, 0.15) is 43.2 Å². The second-order valence-corrected chi connectivity index (χ2v) is 5.27. The van der Waals surface area contributed by atoms with E-state index >= 15 is 0 Å². The molecule has 2 unspecified atom stereocenters. The minimum Gasteiger partial charge on any atom is -0.393 e. The monoisotopic (exact) mass is 228 g/mol. The molecule has 2 heterocycles. The summed E-state index contributed by atoms with van der Waals surface area (Å²) in [5, 5.41) is 13.6. The van der Waals surface area contributed by atoms with E-state index in [0.29, 0.717) is 17.6 Å². The van der Waals surface area contributed by atoms with Crippen LogP contribution in [-0.4, -0.2) is 27.1 Å². The third-order valence-corrected chi connectivity index (χ3v) is 3.79. The molecule has 2 atom stereocenters. The van der Waals surface area contributed by atoms with Crippen molar-refractivity contribution < 1.29 is 9.63 Å². The molecule has 0 saturated carbocycles. The van der Waals surface area contributed by atoms with E-state index in [0.717, 1.165) is 12.2 Å². The smallest absolute Gasteiger partial charge is 0.229 e. The molecule has 1 N–H and O–H groups in total. The van der Waals surface area contributed by atoms with Gasteiger partial charge in [-0.15, -0.1) is 0 Å². The first kappa shape index (κ1) is 11.0. The van der Waals surface area contributed by atoms with Gasteiger partial charge >= 0.3 is 0 Å². The summed E-state index contributed by atoms with van der Waals surface area (Å²) in [6, 6.07) is 0. The predicted molar refractivity (Wildman–Crippen MR) is 58.7 cm³/mol. The Bertz CT molecular complexity index is 308. The molecule has 5 heteroatoms. The molecule has 0 amide bonds. The molecular formula is C10H16N2O2S. The third-order valence-electron chi connectivity index (χ3n) is 2.42. The second-order valence-electron chi connectivity index (χ2n) is 3.95.